The molecule has 18 heavy (non-hydrogen) atoms. The van der Waals surface area contributed by atoms with Crippen LogP contribution in [0.3, 0.4) is 0 Å². The molecular formula is C11H14ClNO4S. The Balaban J connectivity index is 3.04. The minimum atomic E-state index is -3.74. The number of carbonyl (C=O) groups is 1. The van der Waals surface area contributed by atoms with E-state index in [9.17, 15) is 13.2 Å². The molecule has 0 atom stereocenters. The van der Waals surface area contributed by atoms with Crippen molar-refractivity contribution in [3.63, 3.8) is 0 Å². The van der Waals surface area contributed by atoms with Crippen LogP contribution in [0.2, 0.25) is 5.02 Å². The molecule has 100 valence electrons. The first-order valence-electron chi connectivity index (χ1n) is 5.36. The number of hydrogen-bond acceptors (Lipinski definition) is 3. The van der Waals surface area contributed by atoms with Gasteiger partial charge in [0.15, 0.2) is 0 Å². The Labute approximate surface area is 111 Å². The van der Waals surface area contributed by atoms with Crippen molar-refractivity contribution in [2.75, 3.05) is 13.1 Å². The molecule has 0 spiro atoms. The first kappa shape index (κ1) is 14.9. The summed E-state index contributed by atoms with van der Waals surface area (Å²) in [5, 5.41) is 8.73. The summed E-state index contributed by atoms with van der Waals surface area (Å²) in [5.74, 6) is -1.04. The minimum absolute atomic E-state index is 0.00101. The Morgan fingerprint density at radius 2 is 2.00 bits per heavy atom. The molecule has 1 rings (SSSR count). The average Bonchev–Trinajstić information content (AvgIpc) is 2.29. The van der Waals surface area contributed by atoms with E-state index in [-0.39, 0.29) is 29.4 Å². The van der Waals surface area contributed by atoms with E-state index in [1.807, 2.05) is 0 Å². The van der Waals surface area contributed by atoms with Gasteiger partial charge in [-0.1, -0.05) is 30.7 Å². The summed E-state index contributed by atoms with van der Waals surface area (Å²) in [6, 6.07) is 6.10. The van der Waals surface area contributed by atoms with Gasteiger partial charge in [0.1, 0.15) is 4.90 Å². The van der Waals surface area contributed by atoms with Crippen LogP contribution in [0.15, 0.2) is 29.2 Å². The van der Waals surface area contributed by atoms with Crippen LogP contribution in [-0.2, 0) is 14.8 Å². The van der Waals surface area contributed by atoms with Crippen molar-refractivity contribution in [1.29, 1.82) is 0 Å². The number of carboxylic acid groups (broad SMARTS) is 1. The molecule has 0 fully saturated rings. The second-order valence-electron chi connectivity index (χ2n) is 3.57. The highest BCUT2D eigenvalue weighted by Gasteiger charge is 2.25. The van der Waals surface area contributed by atoms with E-state index in [1.165, 1.54) is 12.1 Å². The number of nitrogens with zero attached hydrogens (tertiary/aromatic N) is 1. The van der Waals surface area contributed by atoms with Crippen LogP contribution in [-0.4, -0.2) is 36.9 Å². The molecular weight excluding hydrogens is 278 g/mol. The first-order valence-corrected chi connectivity index (χ1v) is 7.18. The Bertz CT molecular complexity index is 530. The quantitative estimate of drug-likeness (QED) is 0.867. The predicted molar refractivity (Wildman–Crippen MR) is 68.1 cm³/mol. The van der Waals surface area contributed by atoms with Gasteiger partial charge < -0.3 is 5.11 Å². The van der Waals surface area contributed by atoms with E-state index in [0.717, 1.165) is 4.31 Å². The number of sulfonamides is 1. The predicted octanol–water partition coefficient (Wildman–Crippen LogP) is 1.83. The van der Waals surface area contributed by atoms with Crippen LogP contribution in [0.5, 0.6) is 0 Å². The molecule has 1 aromatic carbocycles. The standard InChI is InChI=1S/C11H14ClNO4S/c1-2-13(8-7-11(14)15)18(16,17)10-6-4-3-5-9(10)12/h3-6H,2,7-8H2,1H3,(H,14,15). The van der Waals surface area contributed by atoms with Crippen LogP contribution in [0.25, 0.3) is 0 Å². The topological polar surface area (TPSA) is 74.7 Å². The smallest absolute Gasteiger partial charge is 0.304 e. The molecule has 0 aromatic heterocycles. The van der Waals surface area contributed by atoms with E-state index in [2.05, 4.69) is 0 Å². The lowest BCUT2D eigenvalue weighted by atomic mass is 10.4. The van der Waals surface area contributed by atoms with Gasteiger partial charge in [-0.15, -0.1) is 0 Å². The highest BCUT2D eigenvalue weighted by molar-refractivity contribution is 7.89. The van der Waals surface area contributed by atoms with E-state index >= 15 is 0 Å². The van der Waals surface area contributed by atoms with Gasteiger partial charge in [0.25, 0.3) is 0 Å². The second-order valence-corrected chi connectivity index (χ2v) is 5.88. The highest BCUT2D eigenvalue weighted by Crippen LogP contribution is 2.24. The molecule has 0 saturated carbocycles. The van der Waals surface area contributed by atoms with Crippen molar-refractivity contribution < 1.29 is 18.3 Å². The summed E-state index contributed by atoms with van der Waals surface area (Å²) in [7, 11) is -3.74. The van der Waals surface area contributed by atoms with Crippen LogP contribution in [0.4, 0.5) is 0 Å². The molecule has 5 nitrogen and oxygen atoms in total. The minimum Gasteiger partial charge on any atom is -0.481 e. The van der Waals surface area contributed by atoms with Gasteiger partial charge in [-0.3, -0.25) is 4.79 Å². The summed E-state index contributed by atoms with van der Waals surface area (Å²) in [6.07, 6.45) is -0.239. The van der Waals surface area contributed by atoms with Crippen molar-refractivity contribution >= 4 is 27.6 Å². The van der Waals surface area contributed by atoms with Gasteiger partial charge in [0, 0.05) is 13.1 Å². The maximum Gasteiger partial charge on any atom is 0.304 e. The van der Waals surface area contributed by atoms with Gasteiger partial charge in [0.2, 0.25) is 10.0 Å². The van der Waals surface area contributed by atoms with Gasteiger partial charge >= 0.3 is 5.97 Å². The number of aliphatic carboxylic acids is 1. The monoisotopic (exact) mass is 291 g/mol. The van der Waals surface area contributed by atoms with Crippen LogP contribution < -0.4 is 0 Å². The normalized spacial score (nSPS) is 11.7. The van der Waals surface area contributed by atoms with Gasteiger partial charge in [0.05, 0.1) is 11.4 Å². The summed E-state index contributed by atoms with van der Waals surface area (Å²) in [6.45, 7) is 1.77. The molecule has 0 heterocycles. The van der Waals surface area contributed by atoms with E-state index in [1.54, 1.807) is 19.1 Å². The molecule has 0 aliphatic heterocycles. The second kappa shape index (κ2) is 6.17. The van der Waals surface area contributed by atoms with Crippen LogP contribution in [0, 0.1) is 0 Å². The zero-order valence-corrected chi connectivity index (χ0v) is 11.4. The molecule has 0 aliphatic rings. The number of halogens is 1. The lowest BCUT2D eigenvalue weighted by molar-refractivity contribution is -0.137. The van der Waals surface area contributed by atoms with Gasteiger partial charge in [-0.05, 0) is 12.1 Å². The maximum atomic E-state index is 12.2. The Hall–Kier alpha value is -1.11. The first-order chi connectivity index (χ1) is 8.39. The molecule has 7 heteroatoms. The van der Waals surface area contributed by atoms with Crippen molar-refractivity contribution in [3.05, 3.63) is 29.3 Å². The third-order valence-corrected chi connectivity index (χ3v) is 4.86. The molecule has 0 saturated heterocycles. The van der Waals surface area contributed by atoms with E-state index in [4.69, 9.17) is 16.7 Å². The summed E-state index contributed by atoms with van der Waals surface area (Å²) in [5.41, 5.74) is 0. The van der Waals surface area contributed by atoms with Crippen molar-refractivity contribution in [3.8, 4) is 0 Å². The summed E-state index contributed by atoms with van der Waals surface area (Å²) >= 11 is 5.85. The molecule has 0 amide bonds. The molecule has 0 radical (unpaired) electrons. The van der Waals surface area contributed by atoms with Crippen LogP contribution >= 0.6 is 11.6 Å². The fourth-order valence-electron chi connectivity index (χ4n) is 1.46. The molecule has 1 aromatic rings. The number of benzene rings is 1. The van der Waals surface area contributed by atoms with E-state index < -0.39 is 16.0 Å². The van der Waals surface area contributed by atoms with E-state index in [0.29, 0.717) is 0 Å². The number of carboxylic acids is 1. The summed E-state index contributed by atoms with van der Waals surface area (Å²) < 4.78 is 25.6. The number of rotatable bonds is 6. The SMILES string of the molecule is CCN(CCC(=O)O)S(=O)(=O)c1ccccc1Cl. The highest BCUT2D eigenvalue weighted by atomic mass is 35.5. The fraction of sp³-hybridized carbons (Fsp3) is 0.364. The van der Waals surface area contributed by atoms with Gasteiger partial charge in [-0.2, -0.15) is 4.31 Å². The average molecular weight is 292 g/mol. The largest absolute Gasteiger partial charge is 0.481 e. The third-order valence-electron chi connectivity index (χ3n) is 2.38. The molecule has 0 aliphatic carbocycles. The number of hydrogen-bond donors (Lipinski definition) is 1. The van der Waals surface area contributed by atoms with Crippen LogP contribution in [0.1, 0.15) is 13.3 Å². The Morgan fingerprint density at radius 1 is 1.39 bits per heavy atom. The zero-order chi connectivity index (χ0) is 13.8. The molecule has 0 bridgehead atoms. The molecule has 1 N–H and O–H groups in total. The maximum absolute atomic E-state index is 12.2. The lowest BCUT2D eigenvalue weighted by Crippen LogP contribution is -2.33. The van der Waals surface area contributed by atoms with Crippen molar-refractivity contribution in [1.82, 2.24) is 4.31 Å². The lowest BCUT2D eigenvalue weighted by Gasteiger charge is -2.20. The zero-order valence-electron chi connectivity index (χ0n) is 9.84. The Kier molecular flexibility index (Phi) is 5.13. The van der Waals surface area contributed by atoms with Gasteiger partial charge in [-0.25, -0.2) is 8.42 Å². The van der Waals surface area contributed by atoms with Crippen molar-refractivity contribution in [2.24, 2.45) is 0 Å². The summed E-state index contributed by atoms with van der Waals surface area (Å²) in [4.78, 5) is 10.5. The molecule has 0 unspecified atom stereocenters. The fourth-order valence-corrected chi connectivity index (χ4v) is 3.40. The van der Waals surface area contributed by atoms with Crippen molar-refractivity contribution in [2.45, 2.75) is 18.2 Å². The Morgan fingerprint density at radius 3 is 2.50 bits per heavy atom. The third kappa shape index (κ3) is 3.44.